The zero-order valence-corrected chi connectivity index (χ0v) is 17.5. The predicted octanol–water partition coefficient (Wildman–Crippen LogP) is 3.04. The quantitative estimate of drug-likeness (QED) is 0.608. The monoisotopic (exact) mass is 439 g/mol. The number of hydrogen-bond donors (Lipinski definition) is 2. The summed E-state index contributed by atoms with van der Waals surface area (Å²) in [5.41, 5.74) is 1.52. The molecule has 9 nitrogen and oxygen atoms in total. The van der Waals surface area contributed by atoms with Crippen LogP contribution in [0, 0.1) is 24.1 Å². The lowest BCUT2D eigenvalue weighted by Gasteiger charge is -2.21. The molecule has 2 heterocycles. The topological polar surface area (TPSA) is 124 Å². The number of benzene rings is 1. The Kier molecular flexibility index (Phi) is 6.84. The van der Waals surface area contributed by atoms with Crippen LogP contribution in [0.25, 0.3) is 0 Å². The van der Waals surface area contributed by atoms with Gasteiger partial charge in [-0.05, 0) is 24.6 Å². The van der Waals surface area contributed by atoms with Crippen LogP contribution in [0.15, 0.2) is 42.0 Å². The van der Waals surface area contributed by atoms with Crippen molar-refractivity contribution in [2.24, 2.45) is 0 Å². The van der Waals surface area contributed by atoms with Crippen molar-refractivity contribution in [3.8, 4) is 6.07 Å². The van der Waals surface area contributed by atoms with Gasteiger partial charge in [-0.25, -0.2) is 19.2 Å². The van der Waals surface area contributed by atoms with Crippen molar-refractivity contribution in [2.75, 3.05) is 12.4 Å². The molecule has 0 aliphatic heterocycles. The largest absolute Gasteiger partial charge is 0.334 e. The van der Waals surface area contributed by atoms with Crippen LogP contribution in [0.4, 0.5) is 14.3 Å². The number of nitrogens with one attached hydrogen (secondary N) is 2. The van der Waals surface area contributed by atoms with Gasteiger partial charge >= 0.3 is 6.03 Å². The summed E-state index contributed by atoms with van der Waals surface area (Å²) in [6.07, 6.45) is 2.88. The number of rotatable bonds is 6. The second-order valence-corrected chi connectivity index (χ2v) is 7.31. The fourth-order valence-corrected chi connectivity index (χ4v) is 3.42. The van der Waals surface area contributed by atoms with E-state index in [2.05, 4.69) is 25.6 Å². The maximum atomic E-state index is 13.2. The van der Waals surface area contributed by atoms with Crippen molar-refractivity contribution in [3.63, 3.8) is 0 Å². The molecule has 31 heavy (non-hydrogen) atoms. The number of urea groups is 1. The first kappa shape index (κ1) is 21.8. The van der Waals surface area contributed by atoms with Crippen LogP contribution in [-0.2, 0) is 6.54 Å². The minimum Gasteiger partial charge on any atom is -0.334 e. The number of aryl methyl sites for hydroxylation is 1. The fourth-order valence-electron chi connectivity index (χ4n) is 2.69. The Hall–Kier alpha value is -3.91. The number of amides is 3. The molecule has 11 heteroatoms. The summed E-state index contributed by atoms with van der Waals surface area (Å²) in [6, 6.07) is 6.43. The fraction of sp³-hybridized carbons (Fsp3) is 0.200. The van der Waals surface area contributed by atoms with Gasteiger partial charge in [0, 0.05) is 31.4 Å². The van der Waals surface area contributed by atoms with E-state index in [0.29, 0.717) is 17.0 Å². The molecule has 0 bridgehead atoms. The Morgan fingerprint density at radius 2 is 2.10 bits per heavy atom. The Balaban J connectivity index is 1.64. The van der Waals surface area contributed by atoms with E-state index in [1.165, 1.54) is 36.5 Å². The molecule has 3 aromatic rings. The van der Waals surface area contributed by atoms with E-state index in [1.807, 2.05) is 6.07 Å². The molecule has 1 unspecified atom stereocenters. The van der Waals surface area contributed by atoms with Gasteiger partial charge in [0.05, 0.1) is 17.5 Å². The molecule has 0 fully saturated rings. The van der Waals surface area contributed by atoms with Crippen molar-refractivity contribution >= 4 is 28.4 Å². The van der Waals surface area contributed by atoms with Crippen molar-refractivity contribution in [1.29, 1.82) is 5.26 Å². The number of halogens is 1. The number of carbonyl (C=O) groups is 2. The first-order valence-electron chi connectivity index (χ1n) is 9.08. The highest BCUT2D eigenvalue weighted by molar-refractivity contribution is 7.13. The molecule has 3 rings (SSSR count). The maximum Gasteiger partial charge on any atom is 0.321 e. The summed E-state index contributed by atoms with van der Waals surface area (Å²) in [5, 5.41) is 16.6. The van der Waals surface area contributed by atoms with E-state index in [0.717, 1.165) is 11.3 Å². The molecule has 0 saturated heterocycles. The number of hydrogen-bond acceptors (Lipinski definition) is 7. The lowest BCUT2D eigenvalue weighted by molar-refractivity contribution is 0.0754. The van der Waals surface area contributed by atoms with Crippen LogP contribution in [0.1, 0.15) is 33.5 Å². The van der Waals surface area contributed by atoms with E-state index in [4.69, 9.17) is 0 Å². The molecule has 2 aromatic heterocycles. The van der Waals surface area contributed by atoms with Gasteiger partial charge < -0.3 is 10.2 Å². The Morgan fingerprint density at radius 1 is 1.32 bits per heavy atom. The lowest BCUT2D eigenvalue weighted by atomic mass is 10.2. The van der Waals surface area contributed by atoms with Gasteiger partial charge in [0.1, 0.15) is 11.5 Å². The summed E-state index contributed by atoms with van der Waals surface area (Å²) in [4.78, 5) is 38.3. The molecular formula is C20H18FN7O2S. The Labute approximate surface area is 181 Å². The standard InChI is InChI=1S/C20H18FN7O2S/c1-12-17(24-7-6-23-12)18(29)28(2)16(9-22)15-11-31-20(26-15)27-19(30)25-10-13-4-3-5-14(21)8-13/h3-8,11,16H,10H2,1-2H3,(H2,25,26,27,30). The van der Waals surface area contributed by atoms with Crippen LogP contribution in [0.5, 0.6) is 0 Å². The third-order valence-corrected chi connectivity index (χ3v) is 5.05. The minimum atomic E-state index is -0.976. The van der Waals surface area contributed by atoms with Gasteiger partial charge in [0.25, 0.3) is 5.91 Å². The van der Waals surface area contributed by atoms with E-state index in [9.17, 15) is 19.2 Å². The minimum absolute atomic E-state index is 0.136. The summed E-state index contributed by atoms with van der Waals surface area (Å²) < 4.78 is 13.2. The molecular weight excluding hydrogens is 421 g/mol. The number of nitriles is 1. The summed E-state index contributed by atoms with van der Waals surface area (Å²) in [7, 11) is 1.47. The van der Waals surface area contributed by atoms with Crippen LogP contribution < -0.4 is 10.6 Å². The molecule has 0 spiro atoms. The summed E-state index contributed by atoms with van der Waals surface area (Å²) >= 11 is 1.11. The highest BCUT2D eigenvalue weighted by Crippen LogP contribution is 2.25. The van der Waals surface area contributed by atoms with Gasteiger partial charge in [0.2, 0.25) is 0 Å². The molecule has 2 N–H and O–H groups in total. The van der Waals surface area contributed by atoms with Crippen molar-refractivity contribution in [2.45, 2.75) is 19.5 Å². The zero-order valence-electron chi connectivity index (χ0n) is 16.7. The lowest BCUT2D eigenvalue weighted by Crippen LogP contribution is -2.32. The van der Waals surface area contributed by atoms with Crippen molar-refractivity contribution in [3.05, 3.63) is 70.5 Å². The molecule has 3 amide bonds. The molecule has 0 saturated carbocycles. The van der Waals surface area contributed by atoms with Crippen LogP contribution in [0.2, 0.25) is 0 Å². The van der Waals surface area contributed by atoms with Crippen LogP contribution in [-0.4, -0.2) is 38.8 Å². The van der Waals surface area contributed by atoms with Gasteiger partial charge in [0.15, 0.2) is 11.2 Å². The molecule has 0 radical (unpaired) electrons. The third-order valence-electron chi connectivity index (χ3n) is 4.28. The average molecular weight is 439 g/mol. The summed E-state index contributed by atoms with van der Waals surface area (Å²) in [6.45, 7) is 1.79. The first-order chi connectivity index (χ1) is 14.9. The van der Waals surface area contributed by atoms with Gasteiger partial charge in [-0.2, -0.15) is 5.26 Å². The van der Waals surface area contributed by atoms with E-state index in [-0.39, 0.29) is 23.2 Å². The highest BCUT2D eigenvalue weighted by atomic mass is 32.1. The smallest absolute Gasteiger partial charge is 0.321 e. The molecule has 158 valence electrons. The van der Waals surface area contributed by atoms with Crippen LogP contribution >= 0.6 is 11.3 Å². The maximum absolute atomic E-state index is 13.2. The predicted molar refractivity (Wildman–Crippen MR) is 112 cm³/mol. The molecule has 0 aliphatic rings. The average Bonchev–Trinajstić information content (AvgIpc) is 3.20. The SMILES string of the molecule is Cc1nccnc1C(=O)N(C)C(C#N)c1csc(NC(=O)NCc2cccc(F)c2)n1. The van der Waals surface area contributed by atoms with Crippen LogP contribution in [0.3, 0.4) is 0 Å². The van der Waals surface area contributed by atoms with E-state index >= 15 is 0 Å². The first-order valence-corrected chi connectivity index (χ1v) is 9.96. The highest BCUT2D eigenvalue weighted by Gasteiger charge is 2.27. The Morgan fingerprint density at radius 3 is 2.81 bits per heavy atom. The summed E-state index contributed by atoms with van der Waals surface area (Å²) in [5.74, 6) is -0.852. The number of aromatic nitrogens is 3. The van der Waals surface area contributed by atoms with Crippen molar-refractivity contribution < 1.29 is 14.0 Å². The van der Waals surface area contributed by atoms with Gasteiger partial charge in [-0.1, -0.05) is 12.1 Å². The normalized spacial score (nSPS) is 11.3. The number of nitrogens with zero attached hydrogens (tertiary/aromatic N) is 5. The van der Waals surface area contributed by atoms with E-state index in [1.54, 1.807) is 24.4 Å². The molecule has 1 aromatic carbocycles. The second-order valence-electron chi connectivity index (χ2n) is 6.45. The second kappa shape index (κ2) is 9.73. The molecule has 0 aliphatic carbocycles. The van der Waals surface area contributed by atoms with Crippen molar-refractivity contribution in [1.82, 2.24) is 25.2 Å². The van der Waals surface area contributed by atoms with Gasteiger partial charge in [-0.3, -0.25) is 15.1 Å². The number of anilines is 1. The third kappa shape index (κ3) is 5.37. The van der Waals surface area contributed by atoms with Gasteiger partial charge in [-0.15, -0.1) is 11.3 Å². The zero-order chi connectivity index (χ0) is 22.4. The Bertz CT molecular complexity index is 1140. The van der Waals surface area contributed by atoms with E-state index < -0.39 is 18.0 Å². The molecule has 1 atom stereocenters. The number of thiazole rings is 1. The number of carbonyl (C=O) groups excluding carboxylic acids is 2.